The summed E-state index contributed by atoms with van der Waals surface area (Å²) in [6, 6.07) is 0. The second kappa shape index (κ2) is 2.42. The van der Waals surface area contributed by atoms with Gasteiger partial charge in [0.05, 0.1) is 5.39 Å². The normalized spacial score (nSPS) is 10.7. The summed E-state index contributed by atoms with van der Waals surface area (Å²) in [5.41, 5.74) is 0.636. The van der Waals surface area contributed by atoms with E-state index in [1.54, 1.807) is 0 Å². The summed E-state index contributed by atoms with van der Waals surface area (Å²) in [4.78, 5) is 7.72. The van der Waals surface area contributed by atoms with Gasteiger partial charge in [-0.15, -0.1) is 0 Å². The molecular formula is C5H2BrClN4. The molecule has 0 unspecified atom stereocenters. The maximum atomic E-state index is 5.76. The van der Waals surface area contributed by atoms with Gasteiger partial charge in [-0.1, -0.05) is 11.6 Å². The van der Waals surface area contributed by atoms with E-state index in [0.717, 1.165) is 0 Å². The highest BCUT2D eigenvalue weighted by molar-refractivity contribution is 9.10. The van der Waals surface area contributed by atoms with Crippen LogP contribution in [0, 0.1) is 0 Å². The largest absolute Gasteiger partial charge is 0.260 e. The van der Waals surface area contributed by atoms with E-state index >= 15 is 0 Å². The Morgan fingerprint density at radius 1 is 1.45 bits per heavy atom. The fourth-order valence-electron chi connectivity index (χ4n) is 0.790. The van der Waals surface area contributed by atoms with Gasteiger partial charge < -0.3 is 0 Å². The summed E-state index contributed by atoms with van der Waals surface area (Å²) in [5, 5.41) is 7.67. The number of hydrogen-bond acceptors (Lipinski definition) is 3. The minimum atomic E-state index is 0.399. The first-order valence-electron chi connectivity index (χ1n) is 2.79. The van der Waals surface area contributed by atoms with Gasteiger partial charge in [-0.2, -0.15) is 5.10 Å². The molecule has 0 aromatic carbocycles. The predicted molar refractivity (Wildman–Crippen MR) is 44.4 cm³/mol. The average molecular weight is 233 g/mol. The van der Waals surface area contributed by atoms with Gasteiger partial charge in [0.1, 0.15) is 16.1 Å². The third kappa shape index (κ3) is 1.00. The molecule has 0 spiro atoms. The van der Waals surface area contributed by atoms with Gasteiger partial charge in [0.15, 0.2) is 5.65 Å². The van der Waals surface area contributed by atoms with Crippen LogP contribution in [0.3, 0.4) is 0 Å². The highest BCUT2D eigenvalue weighted by atomic mass is 79.9. The Bertz CT molecular complexity index is 398. The van der Waals surface area contributed by atoms with Crippen molar-refractivity contribution in [1.82, 2.24) is 20.2 Å². The van der Waals surface area contributed by atoms with Crippen LogP contribution in [0.4, 0.5) is 0 Å². The minimum Gasteiger partial charge on any atom is -0.260 e. The smallest absolute Gasteiger partial charge is 0.161 e. The zero-order valence-electron chi connectivity index (χ0n) is 5.17. The summed E-state index contributed by atoms with van der Waals surface area (Å²) < 4.78 is 0.637. The van der Waals surface area contributed by atoms with E-state index in [4.69, 9.17) is 11.6 Å². The van der Waals surface area contributed by atoms with Gasteiger partial charge in [-0.05, 0) is 15.9 Å². The van der Waals surface area contributed by atoms with Gasteiger partial charge in [-0.3, -0.25) is 5.10 Å². The molecule has 2 aromatic rings. The Labute approximate surface area is 75.1 Å². The molecular weight excluding hydrogens is 231 g/mol. The number of rotatable bonds is 0. The zero-order valence-corrected chi connectivity index (χ0v) is 7.52. The SMILES string of the molecule is Clc1ncnc2[nH]nc(Br)c12. The number of halogens is 2. The van der Waals surface area contributed by atoms with Crippen molar-refractivity contribution < 1.29 is 0 Å². The molecule has 0 radical (unpaired) electrons. The second-order valence-corrected chi connectivity index (χ2v) is 3.01. The fraction of sp³-hybridized carbons (Fsp3) is 0. The van der Waals surface area contributed by atoms with E-state index in [2.05, 4.69) is 36.1 Å². The lowest BCUT2D eigenvalue weighted by Gasteiger charge is -1.88. The molecule has 11 heavy (non-hydrogen) atoms. The van der Waals surface area contributed by atoms with Crippen LogP contribution in [0.5, 0.6) is 0 Å². The highest BCUT2D eigenvalue weighted by Gasteiger charge is 2.07. The van der Waals surface area contributed by atoms with E-state index in [1.807, 2.05) is 0 Å². The Morgan fingerprint density at radius 2 is 2.27 bits per heavy atom. The van der Waals surface area contributed by atoms with Gasteiger partial charge in [0.25, 0.3) is 0 Å². The lowest BCUT2D eigenvalue weighted by molar-refractivity contribution is 1.07. The van der Waals surface area contributed by atoms with Crippen LogP contribution in [0.1, 0.15) is 0 Å². The molecule has 0 fully saturated rings. The van der Waals surface area contributed by atoms with Gasteiger partial charge >= 0.3 is 0 Å². The molecule has 0 aliphatic rings. The van der Waals surface area contributed by atoms with Crippen molar-refractivity contribution in [3.63, 3.8) is 0 Å². The topological polar surface area (TPSA) is 54.5 Å². The Balaban J connectivity index is 2.96. The number of hydrogen-bond donors (Lipinski definition) is 1. The molecule has 0 aliphatic carbocycles. The van der Waals surface area contributed by atoms with Crippen molar-refractivity contribution in [2.24, 2.45) is 0 Å². The van der Waals surface area contributed by atoms with Crippen LogP contribution in [0.25, 0.3) is 11.0 Å². The molecule has 0 saturated heterocycles. The standard InChI is InChI=1S/C5H2BrClN4/c6-3-2-4(7)8-1-9-5(2)11-10-3/h1H,(H,8,9,10,11). The van der Waals surface area contributed by atoms with Crippen molar-refractivity contribution in [3.05, 3.63) is 16.1 Å². The molecule has 6 heteroatoms. The highest BCUT2D eigenvalue weighted by Crippen LogP contribution is 2.24. The van der Waals surface area contributed by atoms with Crippen LogP contribution in [0.15, 0.2) is 10.9 Å². The lowest BCUT2D eigenvalue weighted by atomic mass is 10.4. The summed E-state index contributed by atoms with van der Waals surface area (Å²) in [7, 11) is 0. The monoisotopic (exact) mass is 232 g/mol. The van der Waals surface area contributed by atoms with Crippen molar-refractivity contribution in [3.8, 4) is 0 Å². The number of nitrogens with zero attached hydrogens (tertiary/aromatic N) is 3. The van der Waals surface area contributed by atoms with Crippen LogP contribution in [-0.2, 0) is 0 Å². The van der Waals surface area contributed by atoms with E-state index in [0.29, 0.717) is 20.8 Å². The first-order valence-corrected chi connectivity index (χ1v) is 3.96. The Morgan fingerprint density at radius 3 is 3.00 bits per heavy atom. The number of H-pyrrole nitrogens is 1. The molecule has 0 bridgehead atoms. The summed E-state index contributed by atoms with van der Waals surface area (Å²) >= 11 is 8.97. The summed E-state index contributed by atoms with van der Waals surface area (Å²) in [5.74, 6) is 0. The predicted octanol–water partition coefficient (Wildman–Crippen LogP) is 1.77. The van der Waals surface area contributed by atoms with E-state index in [1.165, 1.54) is 6.33 Å². The zero-order chi connectivity index (χ0) is 7.84. The van der Waals surface area contributed by atoms with E-state index in [-0.39, 0.29) is 0 Å². The summed E-state index contributed by atoms with van der Waals surface area (Å²) in [6.45, 7) is 0. The average Bonchev–Trinajstić information content (AvgIpc) is 2.34. The molecule has 0 atom stereocenters. The van der Waals surface area contributed by atoms with Crippen molar-refractivity contribution in [1.29, 1.82) is 0 Å². The van der Waals surface area contributed by atoms with Crippen molar-refractivity contribution in [2.75, 3.05) is 0 Å². The fourth-order valence-corrected chi connectivity index (χ4v) is 1.59. The number of aromatic amines is 1. The molecule has 2 heterocycles. The number of aromatic nitrogens is 4. The van der Waals surface area contributed by atoms with Crippen LogP contribution in [-0.4, -0.2) is 20.2 Å². The van der Waals surface area contributed by atoms with Crippen LogP contribution < -0.4 is 0 Å². The maximum Gasteiger partial charge on any atom is 0.161 e. The first-order chi connectivity index (χ1) is 5.29. The van der Waals surface area contributed by atoms with Gasteiger partial charge in [0.2, 0.25) is 0 Å². The molecule has 0 amide bonds. The first kappa shape index (κ1) is 7.00. The van der Waals surface area contributed by atoms with Crippen molar-refractivity contribution in [2.45, 2.75) is 0 Å². The number of nitrogens with one attached hydrogen (secondary N) is 1. The molecule has 0 aliphatic heterocycles. The third-order valence-corrected chi connectivity index (χ3v) is 2.13. The quantitative estimate of drug-likeness (QED) is 0.706. The van der Waals surface area contributed by atoms with Gasteiger partial charge in [0, 0.05) is 0 Å². The van der Waals surface area contributed by atoms with Crippen LogP contribution >= 0.6 is 27.5 Å². The molecule has 2 aromatic heterocycles. The number of fused-ring (bicyclic) bond motifs is 1. The third-order valence-electron chi connectivity index (χ3n) is 1.27. The van der Waals surface area contributed by atoms with Crippen LogP contribution in [0.2, 0.25) is 5.15 Å². The molecule has 2 rings (SSSR count). The molecule has 1 N–H and O–H groups in total. The Hall–Kier alpha value is -0.680. The van der Waals surface area contributed by atoms with E-state index < -0.39 is 0 Å². The molecule has 0 saturated carbocycles. The second-order valence-electron chi connectivity index (χ2n) is 1.90. The maximum absolute atomic E-state index is 5.76. The Kier molecular flexibility index (Phi) is 1.54. The van der Waals surface area contributed by atoms with E-state index in [9.17, 15) is 0 Å². The summed E-state index contributed by atoms with van der Waals surface area (Å²) in [6.07, 6.45) is 1.38. The minimum absolute atomic E-state index is 0.399. The van der Waals surface area contributed by atoms with Gasteiger partial charge in [-0.25, -0.2) is 9.97 Å². The molecule has 4 nitrogen and oxygen atoms in total. The lowest BCUT2D eigenvalue weighted by Crippen LogP contribution is -1.80. The van der Waals surface area contributed by atoms with Crippen molar-refractivity contribution >= 4 is 38.6 Å². The molecule has 56 valence electrons.